The van der Waals surface area contributed by atoms with Gasteiger partial charge in [-0.2, -0.15) is 16.4 Å². The van der Waals surface area contributed by atoms with Gasteiger partial charge in [0.05, 0.1) is 24.0 Å². The van der Waals surface area contributed by atoms with Crippen LogP contribution in [-0.2, 0) is 0 Å². The number of hydrogen-bond acceptors (Lipinski definition) is 4. The number of rotatable bonds is 7. The van der Waals surface area contributed by atoms with Gasteiger partial charge in [-0.1, -0.05) is 12.1 Å². The van der Waals surface area contributed by atoms with E-state index in [0.29, 0.717) is 24.6 Å². The molecular formula is C20H24N4O2S. The van der Waals surface area contributed by atoms with E-state index in [9.17, 15) is 4.79 Å². The number of benzene rings is 1. The van der Waals surface area contributed by atoms with Crippen molar-refractivity contribution in [3.05, 3.63) is 64.1 Å². The molecule has 2 N–H and O–H groups in total. The predicted octanol–water partition coefficient (Wildman–Crippen LogP) is 4.37. The van der Waals surface area contributed by atoms with Crippen LogP contribution >= 0.6 is 11.3 Å². The second-order valence-corrected chi connectivity index (χ2v) is 6.99. The Bertz CT molecular complexity index is 889. The Morgan fingerprint density at radius 3 is 2.78 bits per heavy atom. The van der Waals surface area contributed by atoms with E-state index in [0.717, 1.165) is 17.0 Å². The summed E-state index contributed by atoms with van der Waals surface area (Å²) >= 11 is 1.63. The largest absolute Gasteiger partial charge is 0.492 e. The quantitative estimate of drug-likeness (QED) is 0.635. The summed E-state index contributed by atoms with van der Waals surface area (Å²) in [6.07, 6.45) is 0. The average molecular weight is 385 g/mol. The highest BCUT2D eigenvalue weighted by Gasteiger charge is 2.19. The third-order valence-corrected chi connectivity index (χ3v) is 4.86. The molecule has 3 rings (SSSR count). The van der Waals surface area contributed by atoms with Gasteiger partial charge in [-0.05, 0) is 61.4 Å². The van der Waals surface area contributed by atoms with Gasteiger partial charge < -0.3 is 15.4 Å². The van der Waals surface area contributed by atoms with Gasteiger partial charge in [0.15, 0.2) is 0 Å². The van der Waals surface area contributed by atoms with E-state index in [-0.39, 0.29) is 12.1 Å². The molecule has 0 aliphatic rings. The lowest BCUT2D eigenvalue weighted by Crippen LogP contribution is -2.35. The van der Waals surface area contributed by atoms with Crippen LogP contribution in [0.5, 0.6) is 5.75 Å². The van der Waals surface area contributed by atoms with E-state index in [1.165, 1.54) is 0 Å². The van der Waals surface area contributed by atoms with E-state index in [1.807, 2.05) is 61.2 Å². The van der Waals surface area contributed by atoms with Gasteiger partial charge in [0.1, 0.15) is 5.75 Å². The predicted molar refractivity (Wildman–Crippen MR) is 109 cm³/mol. The fourth-order valence-electron chi connectivity index (χ4n) is 2.98. The first-order valence-corrected chi connectivity index (χ1v) is 9.84. The molecule has 0 radical (unpaired) electrons. The molecule has 2 aromatic heterocycles. The number of para-hydroxylation sites is 2. The molecule has 2 amide bonds. The Kier molecular flexibility index (Phi) is 6.13. The fraction of sp³-hybridized carbons (Fsp3) is 0.300. The van der Waals surface area contributed by atoms with Crippen LogP contribution in [0.1, 0.15) is 29.9 Å². The van der Waals surface area contributed by atoms with Gasteiger partial charge in [0.2, 0.25) is 0 Å². The van der Waals surface area contributed by atoms with Crippen molar-refractivity contribution in [1.82, 2.24) is 15.1 Å². The molecule has 7 heteroatoms. The highest BCUT2D eigenvalue weighted by atomic mass is 32.1. The molecule has 0 spiro atoms. The zero-order valence-corrected chi connectivity index (χ0v) is 16.5. The number of anilines is 1. The average Bonchev–Trinajstić information content (AvgIpc) is 3.27. The van der Waals surface area contributed by atoms with Crippen LogP contribution in [0, 0.1) is 13.8 Å². The molecule has 1 aromatic carbocycles. The number of thiophene rings is 1. The molecule has 0 saturated carbocycles. The van der Waals surface area contributed by atoms with E-state index in [1.54, 1.807) is 11.3 Å². The van der Waals surface area contributed by atoms with Crippen molar-refractivity contribution in [2.24, 2.45) is 0 Å². The van der Waals surface area contributed by atoms with E-state index >= 15 is 0 Å². The number of carbonyl (C=O) groups is 1. The van der Waals surface area contributed by atoms with Crippen molar-refractivity contribution in [2.75, 3.05) is 18.5 Å². The second-order valence-electron chi connectivity index (χ2n) is 6.21. The lowest BCUT2D eigenvalue weighted by Gasteiger charge is -2.20. The van der Waals surface area contributed by atoms with Crippen molar-refractivity contribution in [2.45, 2.75) is 26.8 Å². The monoisotopic (exact) mass is 384 g/mol. The van der Waals surface area contributed by atoms with E-state index < -0.39 is 0 Å². The molecule has 27 heavy (non-hydrogen) atoms. The maximum atomic E-state index is 12.5. The van der Waals surface area contributed by atoms with Gasteiger partial charge in [-0.15, -0.1) is 0 Å². The molecule has 1 atom stereocenters. The van der Waals surface area contributed by atoms with Crippen molar-refractivity contribution >= 4 is 23.1 Å². The first kappa shape index (κ1) is 19.0. The molecule has 1 unspecified atom stereocenters. The summed E-state index contributed by atoms with van der Waals surface area (Å²) in [4.78, 5) is 12.5. The third-order valence-electron chi connectivity index (χ3n) is 4.16. The highest BCUT2D eigenvalue weighted by Crippen LogP contribution is 2.24. The molecule has 6 nitrogen and oxygen atoms in total. The summed E-state index contributed by atoms with van der Waals surface area (Å²) < 4.78 is 7.52. The van der Waals surface area contributed by atoms with Gasteiger partial charge >= 0.3 is 6.03 Å². The summed E-state index contributed by atoms with van der Waals surface area (Å²) in [6.45, 7) is 6.88. The molecule has 3 aromatic rings. The zero-order chi connectivity index (χ0) is 19.2. The molecule has 0 saturated heterocycles. The van der Waals surface area contributed by atoms with Crippen molar-refractivity contribution in [3.63, 3.8) is 0 Å². The number of carbonyl (C=O) groups excluding carboxylic acids is 1. The summed E-state index contributed by atoms with van der Waals surface area (Å²) in [5.74, 6) is 0.656. The van der Waals surface area contributed by atoms with Crippen LogP contribution in [-0.4, -0.2) is 29.0 Å². The summed E-state index contributed by atoms with van der Waals surface area (Å²) in [5, 5.41) is 14.5. The highest BCUT2D eigenvalue weighted by molar-refractivity contribution is 7.08. The topological polar surface area (TPSA) is 68.2 Å². The Balaban J connectivity index is 1.71. The molecular weight excluding hydrogens is 360 g/mol. The Hall–Kier alpha value is -2.80. The Morgan fingerprint density at radius 2 is 2.11 bits per heavy atom. The van der Waals surface area contributed by atoms with Crippen molar-refractivity contribution < 1.29 is 9.53 Å². The minimum absolute atomic E-state index is 0.0576. The van der Waals surface area contributed by atoms with Gasteiger partial charge in [-0.25, -0.2) is 4.79 Å². The molecule has 2 heterocycles. The zero-order valence-electron chi connectivity index (χ0n) is 15.7. The first-order chi connectivity index (χ1) is 13.1. The lowest BCUT2D eigenvalue weighted by atomic mass is 10.1. The fourth-order valence-corrected chi connectivity index (χ4v) is 3.69. The number of urea groups is 1. The number of nitrogens with zero attached hydrogens (tertiary/aromatic N) is 2. The van der Waals surface area contributed by atoms with Crippen LogP contribution in [0.15, 0.2) is 47.2 Å². The van der Waals surface area contributed by atoms with E-state index in [4.69, 9.17) is 4.74 Å². The number of ether oxygens (including phenoxy) is 1. The van der Waals surface area contributed by atoms with Crippen LogP contribution in [0.2, 0.25) is 0 Å². The number of aromatic nitrogens is 2. The number of aryl methyl sites for hydroxylation is 2. The number of amides is 2. The second kappa shape index (κ2) is 8.73. The molecule has 0 bridgehead atoms. The molecule has 0 fully saturated rings. The maximum absolute atomic E-state index is 12.5. The first-order valence-electron chi connectivity index (χ1n) is 8.90. The SMILES string of the molecule is CCOc1ccccc1NC(=O)NCC(c1ccsc1)n1nc(C)cc1C. The standard InChI is InChI=1S/C20H24N4O2S/c1-4-26-19-8-6-5-7-17(19)22-20(25)21-12-18(16-9-10-27-13-16)24-15(3)11-14(2)23-24/h5-11,13,18H,4,12H2,1-3H3,(H2,21,22,25). The Morgan fingerprint density at radius 1 is 1.30 bits per heavy atom. The van der Waals surface area contributed by atoms with Crippen molar-refractivity contribution in [1.29, 1.82) is 0 Å². The molecule has 0 aliphatic carbocycles. The number of nitrogens with one attached hydrogen (secondary N) is 2. The van der Waals surface area contributed by atoms with Crippen molar-refractivity contribution in [3.8, 4) is 5.75 Å². The van der Waals surface area contributed by atoms with Gasteiger partial charge in [0, 0.05) is 12.2 Å². The normalized spacial score (nSPS) is 11.8. The van der Waals surface area contributed by atoms with E-state index in [2.05, 4.69) is 27.2 Å². The number of hydrogen-bond donors (Lipinski definition) is 2. The van der Waals surface area contributed by atoms with Crippen LogP contribution < -0.4 is 15.4 Å². The van der Waals surface area contributed by atoms with Gasteiger partial charge in [0.25, 0.3) is 0 Å². The Labute approximate surface area is 163 Å². The summed E-state index contributed by atoms with van der Waals surface area (Å²) in [6, 6.07) is 11.2. The lowest BCUT2D eigenvalue weighted by molar-refractivity contribution is 0.250. The van der Waals surface area contributed by atoms with Gasteiger partial charge in [-0.3, -0.25) is 4.68 Å². The minimum Gasteiger partial charge on any atom is -0.492 e. The minimum atomic E-state index is -0.274. The van der Waals surface area contributed by atoms with Crippen LogP contribution in [0.3, 0.4) is 0 Å². The summed E-state index contributed by atoms with van der Waals surface area (Å²) in [5.41, 5.74) is 3.80. The molecule has 142 valence electrons. The van der Waals surface area contributed by atoms with Crippen LogP contribution in [0.25, 0.3) is 0 Å². The molecule has 0 aliphatic heterocycles. The maximum Gasteiger partial charge on any atom is 0.319 e. The third kappa shape index (κ3) is 4.68. The van der Waals surface area contributed by atoms with Crippen LogP contribution in [0.4, 0.5) is 10.5 Å². The smallest absolute Gasteiger partial charge is 0.319 e. The summed E-state index contributed by atoms with van der Waals surface area (Å²) in [7, 11) is 0.